The van der Waals surface area contributed by atoms with Crippen molar-refractivity contribution in [1.82, 2.24) is 0 Å². The molecule has 3 heteroatoms. The van der Waals surface area contributed by atoms with Gasteiger partial charge in [0.05, 0.1) is 6.04 Å². The maximum atomic E-state index is 12.8. The first-order valence-corrected chi connectivity index (χ1v) is 8.51. The number of rotatable bonds is 3. The highest BCUT2D eigenvalue weighted by molar-refractivity contribution is 5.84. The minimum Gasteiger partial charge on any atom is -0.458 e. The zero-order valence-corrected chi connectivity index (χ0v) is 14.8. The summed E-state index contributed by atoms with van der Waals surface area (Å²) in [6, 6.07) is 18.4. The molecule has 3 nitrogen and oxygen atoms in total. The van der Waals surface area contributed by atoms with E-state index in [-0.39, 0.29) is 18.1 Å². The highest BCUT2D eigenvalue weighted by atomic mass is 16.6. The van der Waals surface area contributed by atoms with E-state index in [2.05, 4.69) is 36.1 Å². The van der Waals surface area contributed by atoms with Crippen molar-refractivity contribution in [2.24, 2.45) is 0 Å². The Morgan fingerprint density at radius 3 is 2.38 bits per heavy atom. The molecule has 0 bridgehead atoms. The van der Waals surface area contributed by atoms with Gasteiger partial charge in [-0.3, -0.25) is 0 Å². The second kappa shape index (κ2) is 6.31. The lowest BCUT2D eigenvalue weighted by Gasteiger charge is -2.34. The second-order valence-corrected chi connectivity index (χ2v) is 7.38. The molecule has 3 rings (SSSR count). The van der Waals surface area contributed by atoms with Gasteiger partial charge < -0.3 is 9.64 Å². The van der Waals surface area contributed by atoms with Gasteiger partial charge in [0, 0.05) is 12.1 Å². The molecule has 0 saturated carbocycles. The number of carbonyl (C=O) groups excluding carboxylic acids is 1. The highest BCUT2D eigenvalue weighted by Gasteiger charge is 2.39. The van der Waals surface area contributed by atoms with Crippen molar-refractivity contribution in [2.75, 3.05) is 4.90 Å². The molecule has 2 atom stereocenters. The largest absolute Gasteiger partial charge is 0.458 e. The van der Waals surface area contributed by atoms with Crippen molar-refractivity contribution in [1.29, 1.82) is 0 Å². The third-order valence-electron chi connectivity index (χ3n) is 4.40. The summed E-state index contributed by atoms with van der Waals surface area (Å²) in [7, 11) is 0. The number of benzene rings is 2. The first-order chi connectivity index (χ1) is 11.4. The Morgan fingerprint density at radius 2 is 1.71 bits per heavy atom. The van der Waals surface area contributed by atoms with E-state index in [4.69, 9.17) is 4.74 Å². The molecule has 0 N–H and O–H groups in total. The smallest absolute Gasteiger partial charge is 0.329 e. The standard InChI is InChI=1S/C21H25NO2/c1-15(16-10-6-5-7-11-16)22-18-13-9-8-12-17(18)14-19(22)20(23)24-21(2,3)4/h5-13,15,19H,14H2,1-4H3/t15?,19-/m0/s1. The van der Waals surface area contributed by atoms with E-state index in [1.165, 1.54) is 11.1 Å². The van der Waals surface area contributed by atoms with Crippen LogP contribution in [0.25, 0.3) is 0 Å². The molecule has 0 spiro atoms. The molecule has 126 valence electrons. The molecule has 0 fully saturated rings. The van der Waals surface area contributed by atoms with Crippen LogP contribution in [0.5, 0.6) is 0 Å². The molecule has 1 heterocycles. The van der Waals surface area contributed by atoms with Crippen LogP contribution in [0.15, 0.2) is 54.6 Å². The number of fused-ring (bicyclic) bond motifs is 1. The van der Waals surface area contributed by atoms with Gasteiger partial charge in [-0.15, -0.1) is 0 Å². The van der Waals surface area contributed by atoms with E-state index in [0.717, 1.165) is 5.69 Å². The van der Waals surface area contributed by atoms with E-state index < -0.39 is 5.60 Å². The van der Waals surface area contributed by atoms with Gasteiger partial charge in [-0.1, -0.05) is 48.5 Å². The minimum atomic E-state index is -0.479. The number of nitrogens with zero attached hydrogens (tertiary/aromatic N) is 1. The molecule has 1 unspecified atom stereocenters. The summed E-state index contributed by atoms with van der Waals surface area (Å²) in [5.74, 6) is -0.151. The molecule has 0 radical (unpaired) electrons. The van der Waals surface area contributed by atoms with E-state index in [9.17, 15) is 4.79 Å². The normalized spacial score (nSPS) is 18.2. The van der Waals surface area contributed by atoms with Gasteiger partial charge in [-0.05, 0) is 44.9 Å². The molecule has 2 aromatic carbocycles. The van der Waals surface area contributed by atoms with Crippen LogP contribution in [-0.2, 0) is 16.0 Å². The predicted molar refractivity (Wildman–Crippen MR) is 97.1 cm³/mol. The minimum absolute atomic E-state index is 0.104. The van der Waals surface area contributed by atoms with Gasteiger partial charge in [-0.25, -0.2) is 4.79 Å². The maximum absolute atomic E-state index is 12.8. The zero-order chi connectivity index (χ0) is 17.3. The number of hydrogen-bond donors (Lipinski definition) is 0. The Morgan fingerprint density at radius 1 is 1.08 bits per heavy atom. The van der Waals surface area contributed by atoms with Crippen LogP contribution in [0.2, 0.25) is 0 Å². The van der Waals surface area contributed by atoms with E-state index in [1.807, 2.05) is 51.1 Å². The Kier molecular flexibility index (Phi) is 4.35. The molecule has 0 amide bonds. The van der Waals surface area contributed by atoms with E-state index >= 15 is 0 Å². The highest BCUT2D eigenvalue weighted by Crippen LogP contribution is 2.39. The van der Waals surface area contributed by atoms with Crippen molar-refractivity contribution in [2.45, 2.75) is 51.8 Å². The van der Waals surface area contributed by atoms with Crippen LogP contribution in [0, 0.1) is 0 Å². The molecule has 2 aromatic rings. The predicted octanol–water partition coefficient (Wildman–Crippen LogP) is 4.52. The summed E-state index contributed by atoms with van der Waals surface area (Å²) >= 11 is 0. The number of para-hydroxylation sites is 1. The number of esters is 1. The van der Waals surface area contributed by atoms with Crippen LogP contribution in [-0.4, -0.2) is 17.6 Å². The summed E-state index contributed by atoms with van der Waals surface area (Å²) < 4.78 is 5.69. The Bertz CT molecular complexity index is 718. The molecule has 0 saturated heterocycles. The summed E-state index contributed by atoms with van der Waals surface area (Å²) in [5.41, 5.74) is 3.05. The molecule has 0 aromatic heterocycles. The third-order valence-corrected chi connectivity index (χ3v) is 4.40. The van der Waals surface area contributed by atoms with Crippen LogP contribution < -0.4 is 4.90 Å². The average molecular weight is 323 g/mol. The van der Waals surface area contributed by atoms with Gasteiger partial charge in [0.25, 0.3) is 0 Å². The van der Waals surface area contributed by atoms with Crippen molar-refractivity contribution < 1.29 is 9.53 Å². The van der Waals surface area contributed by atoms with Gasteiger partial charge in [0.15, 0.2) is 0 Å². The van der Waals surface area contributed by atoms with Crippen LogP contribution in [0.3, 0.4) is 0 Å². The van der Waals surface area contributed by atoms with Crippen LogP contribution >= 0.6 is 0 Å². The first-order valence-electron chi connectivity index (χ1n) is 8.51. The molecule has 24 heavy (non-hydrogen) atoms. The quantitative estimate of drug-likeness (QED) is 0.778. The Hall–Kier alpha value is -2.29. The summed E-state index contributed by atoms with van der Waals surface area (Å²) in [5, 5.41) is 0. The number of anilines is 1. The molecule has 1 aliphatic rings. The lowest BCUT2D eigenvalue weighted by molar-refractivity contribution is -0.156. The fourth-order valence-corrected chi connectivity index (χ4v) is 3.35. The monoisotopic (exact) mass is 323 g/mol. The molecule has 0 aliphatic carbocycles. The topological polar surface area (TPSA) is 29.5 Å². The average Bonchev–Trinajstić information content (AvgIpc) is 2.93. The molecule has 1 aliphatic heterocycles. The number of hydrogen-bond acceptors (Lipinski definition) is 3. The van der Waals surface area contributed by atoms with Crippen molar-refractivity contribution in [3.05, 3.63) is 65.7 Å². The third kappa shape index (κ3) is 3.30. The second-order valence-electron chi connectivity index (χ2n) is 7.38. The van der Waals surface area contributed by atoms with Crippen molar-refractivity contribution in [3.63, 3.8) is 0 Å². The summed E-state index contributed by atoms with van der Waals surface area (Å²) in [6.07, 6.45) is 0.697. The van der Waals surface area contributed by atoms with Crippen LogP contribution in [0.4, 0.5) is 5.69 Å². The Labute approximate surface area is 144 Å². The van der Waals surface area contributed by atoms with E-state index in [1.54, 1.807) is 0 Å². The van der Waals surface area contributed by atoms with Crippen LogP contribution in [0.1, 0.15) is 44.9 Å². The summed E-state index contributed by atoms with van der Waals surface area (Å²) in [6.45, 7) is 7.89. The number of ether oxygens (including phenoxy) is 1. The van der Waals surface area contributed by atoms with Crippen molar-refractivity contribution >= 4 is 11.7 Å². The van der Waals surface area contributed by atoms with Gasteiger partial charge in [0.2, 0.25) is 0 Å². The van der Waals surface area contributed by atoms with Gasteiger partial charge >= 0.3 is 5.97 Å². The lowest BCUT2D eigenvalue weighted by Crippen LogP contribution is -2.43. The number of carbonyl (C=O) groups is 1. The fraction of sp³-hybridized carbons (Fsp3) is 0.381. The maximum Gasteiger partial charge on any atom is 0.329 e. The van der Waals surface area contributed by atoms with Gasteiger partial charge in [0.1, 0.15) is 11.6 Å². The van der Waals surface area contributed by atoms with Crippen molar-refractivity contribution in [3.8, 4) is 0 Å². The lowest BCUT2D eigenvalue weighted by atomic mass is 10.1. The first kappa shape index (κ1) is 16.6. The molecular weight excluding hydrogens is 298 g/mol. The Balaban J connectivity index is 1.96. The fourth-order valence-electron chi connectivity index (χ4n) is 3.35. The van der Waals surface area contributed by atoms with Gasteiger partial charge in [-0.2, -0.15) is 0 Å². The SMILES string of the molecule is CC(c1ccccc1)N1c2ccccc2C[C@H]1C(=O)OC(C)(C)C. The summed E-state index contributed by atoms with van der Waals surface area (Å²) in [4.78, 5) is 15.0. The molecular formula is C21H25NO2. The zero-order valence-electron chi connectivity index (χ0n) is 14.8. The van der Waals surface area contributed by atoms with E-state index in [0.29, 0.717) is 6.42 Å².